The Labute approximate surface area is 161 Å². The molecule has 27 heavy (non-hydrogen) atoms. The van der Waals surface area contributed by atoms with Crippen LogP contribution in [0.3, 0.4) is 0 Å². The lowest BCUT2D eigenvalue weighted by Gasteiger charge is -2.06. The van der Waals surface area contributed by atoms with E-state index in [0.717, 1.165) is 6.42 Å². The van der Waals surface area contributed by atoms with Gasteiger partial charge in [-0.15, -0.1) is 10.2 Å². The first-order valence-corrected chi connectivity index (χ1v) is 9.56. The summed E-state index contributed by atoms with van der Waals surface area (Å²) < 4.78 is 7.13. The Morgan fingerprint density at radius 2 is 1.96 bits per heavy atom. The molecule has 0 aliphatic carbocycles. The maximum atomic E-state index is 12.4. The van der Waals surface area contributed by atoms with Gasteiger partial charge < -0.3 is 14.3 Å². The molecular formula is C19H20N4O3S. The lowest BCUT2D eigenvalue weighted by Crippen LogP contribution is -2.11. The van der Waals surface area contributed by atoms with E-state index in [1.807, 2.05) is 20.0 Å². The highest BCUT2D eigenvalue weighted by atomic mass is 32.2. The first-order chi connectivity index (χ1) is 13.1. The van der Waals surface area contributed by atoms with Crippen LogP contribution in [0.15, 0.2) is 52.2 Å². The average Bonchev–Trinajstić information content (AvgIpc) is 3.30. The van der Waals surface area contributed by atoms with Gasteiger partial charge >= 0.3 is 0 Å². The third-order valence-electron chi connectivity index (χ3n) is 3.88. The van der Waals surface area contributed by atoms with E-state index in [2.05, 4.69) is 15.5 Å². The van der Waals surface area contributed by atoms with Gasteiger partial charge in [0.25, 0.3) is 0 Å². The number of ketones is 1. The molecule has 1 amide bonds. The maximum absolute atomic E-state index is 12.4. The molecule has 0 aliphatic rings. The zero-order chi connectivity index (χ0) is 19.2. The first kappa shape index (κ1) is 18.9. The molecule has 7 nitrogen and oxygen atoms in total. The fourth-order valence-electron chi connectivity index (χ4n) is 2.46. The maximum Gasteiger partial charge on any atom is 0.224 e. The summed E-state index contributed by atoms with van der Waals surface area (Å²) in [5, 5.41) is 11.7. The second-order valence-corrected chi connectivity index (χ2v) is 6.87. The van der Waals surface area contributed by atoms with E-state index in [4.69, 9.17) is 4.42 Å². The molecule has 0 radical (unpaired) electrons. The van der Waals surface area contributed by atoms with Crippen molar-refractivity contribution in [3.63, 3.8) is 0 Å². The molecule has 0 atom stereocenters. The van der Waals surface area contributed by atoms with Crippen LogP contribution < -0.4 is 5.32 Å². The molecule has 0 unspecified atom stereocenters. The Kier molecular flexibility index (Phi) is 6.08. The van der Waals surface area contributed by atoms with Crippen LogP contribution in [-0.4, -0.2) is 32.2 Å². The number of anilines is 1. The van der Waals surface area contributed by atoms with Crippen molar-refractivity contribution >= 4 is 29.1 Å². The van der Waals surface area contributed by atoms with Crippen LogP contribution in [-0.2, 0) is 11.8 Å². The second kappa shape index (κ2) is 8.68. The third-order valence-corrected chi connectivity index (χ3v) is 4.90. The summed E-state index contributed by atoms with van der Waals surface area (Å²) in [4.78, 5) is 24.0. The van der Waals surface area contributed by atoms with Crippen molar-refractivity contribution in [1.29, 1.82) is 0 Å². The highest BCUT2D eigenvalue weighted by Crippen LogP contribution is 2.23. The largest absolute Gasteiger partial charge is 0.461 e. The molecule has 2 aromatic heterocycles. The minimum atomic E-state index is -0.0261. The van der Waals surface area contributed by atoms with Crippen LogP contribution in [0.1, 0.15) is 30.1 Å². The molecular weight excluding hydrogens is 364 g/mol. The number of carbonyl (C=O) groups excluding carboxylic acids is 2. The molecule has 1 N–H and O–H groups in total. The lowest BCUT2D eigenvalue weighted by atomic mass is 10.1. The van der Waals surface area contributed by atoms with E-state index in [1.165, 1.54) is 11.8 Å². The van der Waals surface area contributed by atoms with Crippen molar-refractivity contribution in [3.05, 3.63) is 48.2 Å². The quantitative estimate of drug-likeness (QED) is 0.469. The molecule has 0 saturated carbocycles. The van der Waals surface area contributed by atoms with Gasteiger partial charge in [-0.2, -0.15) is 0 Å². The normalized spacial score (nSPS) is 10.7. The van der Waals surface area contributed by atoms with Gasteiger partial charge in [0.05, 0.1) is 12.0 Å². The molecule has 8 heteroatoms. The Morgan fingerprint density at radius 3 is 2.63 bits per heavy atom. The predicted octanol–water partition coefficient (Wildman–Crippen LogP) is 3.79. The molecule has 1 aromatic carbocycles. The molecule has 140 valence electrons. The molecule has 0 spiro atoms. The van der Waals surface area contributed by atoms with Crippen LogP contribution >= 0.6 is 11.8 Å². The van der Waals surface area contributed by atoms with Crippen molar-refractivity contribution in [2.24, 2.45) is 7.05 Å². The van der Waals surface area contributed by atoms with Crippen molar-refractivity contribution in [2.75, 3.05) is 11.1 Å². The Bertz CT molecular complexity index is 917. The SMILES string of the molecule is CCCC(=O)Nc1ccc(C(=O)CSc2nnc(-c3ccco3)n2C)cc1. The zero-order valence-electron chi connectivity index (χ0n) is 15.1. The van der Waals surface area contributed by atoms with E-state index < -0.39 is 0 Å². The fourth-order valence-corrected chi connectivity index (χ4v) is 3.27. The van der Waals surface area contributed by atoms with Gasteiger partial charge in [0.1, 0.15) is 0 Å². The van der Waals surface area contributed by atoms with Crippen molar-refractivity contribution in [1.82, 2.24) is 14.8 Å². The number of hydrogen-bond donors (Lipinski definition) is 1. The molecule has 0 bridgehead atoms. The number of hydrogen-bond acceptors (Lipinski definition) is 6. The lowest BCUT2D eigenvalue weighted by molar-refractivity contribution is -0.116. The molecule has 0 aliphatic heterocycles. The highest BCUT2D eigenvalue weighted by molar-refractivity contribution is 7.99. The average molecular weight is 384 g/mol. The number of aromatic nitrogens is 3. The standard InChI is InChI=1S/C19H20N4O3S/c1-3-5-17(25)20-14-9-7-13(8-10-14)15(24)12-27-19-22-21-18(23(19)2)16-6-4-11-26-16/h4,6-11H,3,5,12H2,1-2H3,(H,20,25). The topological polar surface area (TPSA) is 90.0 Å². The summed E-state index contributed by atoms with van der Waals surface area (Å²) in [6.45, 7) is 1.95. The van der Waals surface area contributed by atoms with Crippen LogP contribution in [0.4, 0.5) is 5.69 Å². The van der Waals surface area contributed by atoms with Gasteiger partial charge in [0.15, 0.2) is 22.5 Å². The summed E-state index contributed by atoms with van der Waals surface area (Å²) in [7, 11) is 1.83. The Balaban J connectivity index is 1.59. The van der Waals surface area contributed by atoms with Crippen LogP contribution in [0.25, 0.3) is 11.6 Å². The van der Waals surface area contributed by atoms with Gasteiger partial charge in [0, 0.05) is 24.7 Å². The predicted molar refractivity (Wildman–Crippen MR) is 104 cm³/mol. The number of benzene rings is 1. The fraction of sp³-hybridized carbons (Fsp3) is 0.263. The van der Waals surface area contributed by atoms with Crippen molar-refractivity contribution < 1.29 is 14.0 Å². The van der Waals surface area contributed by atoms with Gasteiger partial charge in [-0.1, -0.05) is 18.7 Å². The van der Waals surface area contributed by atoms with E-state index in [9.17, 15) is 9.59 Å². The van der Waals surface area contributed by atoms with E-state index in [-0.39, 0.29) is 17.4 Å². The third kappa shape index (κ3) is 4.65. The molecule has 2 heterocycles. The highest BCUT2D eigenvalue weighted by Gasteiger charge is 2.15. The molecule has 0 fully saturated rings. The second-order valence-electron chi connectivity index (χ2n) is 5.93. The smallest absolute Gasteiger partial charge is 0.224 e. The number of nitrogens with one attached hydrogen (secondary N) is 1. The minimum absolute atomic E-state index is 0.0195. The Morgan fingerprint density at radius 1 is 1.19 bits per heavy atom. The number of thioether (sulfide) groups is 1. The van der Waals surface area contributed by atoms with E-state index in [1.54, 1.807) is 41.2 Å². The van der Waals surface area contributed by atoms with Crippen LogP contribution in [0.5, 0.6) is 0 Å². The molecule has 3 aromatic rings. The number of rotatable bonds is 8. The summed E-state index contributed by atoms with van der Waals surface area (Å²) in [5.74, 6) is 1.44. The number of Topliss-reactive ketones (excluding diaryl/α,β-unsaturated/α-hetero) is 1. The zero-order valence-corrected chi connectivity index (χ0v) is 16.0. The summed E-state index contributed by atoms with van der Waals surface area (Å²) >= 11 is 1.32. The van der Waals surface area contributed by atoms with Gasteiger partial charge in [-0.25, -0.2) is 0 Å². The number of carbonyl (C=O) groups is 2. The van der Waals surface area contributed by atoms with Gasteiger partial charge in [0.2, 0.25) is 5.91 Å². The number of nitrogens with zero attached hydrogens (tertiary/aromatic N) is 3. The van der Waals surface area contributed by atoms with Crippen LogP contribution in [0, 0.1) is 0 Å². The van der Waals surface area contributed by atoms with Gasteiger partial charge in [-0.3, -0.25) is 9.59 Å². The number of furan rings is 1. The van der Waals surface area contributed by atoms with Crippen molar-refractivity contribution in [2.45, 2.75) is 24.9 Å². The number of amides is 1. The monoisotopic (exact) mass is 384 g/mol. The summed E-state index contributed by atoms with van der Waals surface area (Å²) in [6, 6.07) is 10.5. The molecule has 0 saturated heterocycles. The van der Waals surface area contributed by atoms with Gasteiger partial charge in [-0.05, 0) is 42.8 Å². The molecule has 3 rings (SSSR count). The summed E-state index contributed by atoms with van der Waals surface area (Å²) in [6.07, 6.45) is 2.85. The first-order valence-electron chi connectivity index (χ1n) is 8.57. The summed E-state index contributed by atoms with van der Waals surface area (Å²) in [5.41, 5.74) is 1.28. The minimum Gasteiger partial charge on any atom is -0.461 e. The van der Waals surface area contributed by atoms with E-state index >= 15 is 0 Å². The van der Waals surface area contributed by atoms with E-state index in [0.29, 0.717) is 34.4 Å². The Hall–Kier alpha value is -2.87. The van der Waals surface area contributed by atoms with Crippen molar-refractivity contribution in [3.8, 4) is 11.6 Å². The van der Waals surface area contributed by atoms with Crippen LogP contribution in [0.2, 0.25) is 0 Å².